The molecule has 3 aromatic carbocycles. The number of rotatable bonds is 7. The molecule has 35 heavy (non-hydrogen) atoms. The van der Waals surface area contributed by atoms with Crippen molar-refractivity contribution >= 4 is 38.9 Å². The monoisotopic (exact) mass is 527 g/mol. The van der Waals surface area contributed by atoms with Crippen molar-refractivity contribution in [2.75, 3.05) is 10.8 Å². The van der Waals surface area contributed by atoms with Gasteiger partial charge in [-0.3, -0.25) is 9.10 Å². The number of hydrogen-bond donors (Lipinski definition) is 1. The predicted octanol–water partition coefficient (Wildman–Crippen LogP) is 5.23. The summed E-state index contributed by atoms with van der Waals surface area (Å²) in [6.45, 7) is 0.605. The van der Waals surface area contributed by atoms with Crippen molar-refractivity contribution in [2.45, 2.75) is 18.0 Å². The van der Waals surface area contributed by atoms with Crippen LogP contribution < -0.4 is 9.73 Å². The number of nitrogens with zero attached hydrogens (tertiary/aromatic N) is 2. The Labute approximate surface area is 203 Å². The lowest BCUT2D eigenvalue weighted by molar-refractivity contribution is -0.137. The lowest BCUT2D eigenvalue weighted by atomic mass is 10.1. The number of benzene rings is 3. The summed E-state index contributed by atoms with van der Waals surface area (Å²) in [6, 6.07) is 14.3. The van der Waals surface area contributed by atoms with Gasteiger partial charge in [0.2, 0.25) is 0 Å². The van der Waals surface area contributed by atoms with Gasteiger partial charge >= 0.3 is 6.18 Å². The first-order valence-corrected chi connectivity index (χ1v) is 11.7. The summed E-state index contributed by atoms with van der Waals surface area (Å²) < 4.78 is 80.1. The van der Waals surface area contributed by atoms with Crippen LogP contribution in [0, 0.1) is 5.82 Å². The number of halogens is 5. The standard InChI is InChI=1S/C23H18ClF4N3O3S/c1-15(16-7-10-18(25)11-8-16)29-30-22(32)14-31(35(33,34)19-5-3-2-4-6-19)21-13-17(23(26,27)28)9-12-20(21)24/h2-13H,14H2,1H3,(H,30,32)/b29-15+. The Hall–Kier alpha value is -3.44. The topological polar surface area (TPSA) is 78.8 Å². The maximum atomic E-state index is 13.3. The highest BCUT2D eigenvalue weighted by Gasteiger charge is 2.34. The number of sulfonamides is 1. The molecule has 1 N–H and O–H groups in total. The van der Waals surface area contributed by atoms with E-state index in [-0.39, 0.29) is 15.6 Å². The molecule has 0 aliphatic carbocycles. The normalized spacial score (nSPS) is 12.3. The average molecular weight is 528 g/mol. The van der Waals surface area contributed by atoms with Gasteiger partial charge in [-0.25, -0.2) is 18.2 Å². The van der Waals surface area contributed by atoms with Crippen LogP contribution in [0.15, 0.2) is 82.8 Å². The summed E-state index contributed by atoms with van der Waals surface area (Å²) in [5, 5.41) is 3.56. The molecule has 0 aliphatic heterocycles. The van der Waals surface area contributed by atoms with E-state index >= 15 is 0 Å². The Balaban J connectivity index is 1.98. The van der Waals surface area contributed by atoms with Gasteiger partial charge in [-0.2, -0.15) is 18.3 Å². The van der Waals surface area contributed by atoms with Gasteiger partial charge in [0.15, 0.2) is 0 Å². The Morgan fingerprint density at radius 2 is 1.66 bits per heavy atom. The minimum absolute atomic E-state index is 0.257. The Morgan fingerprint density at radius 3 is 2.26 bits per heavy atom. The first kappa shape index (κ1) is 26.2. The van der Waals surface area contributed by atoms with Crippen molar-refractivity contribution in [1.29, 1.82) is 0 Å². The summed E-state index contributed by atoms with van der Waals surface area (Å²) in [4.78, 5) is 12.4. The van der Waals surface area contributed by atoms with Crippen LogP contribution in [0.2, 0.25) is 5.02 Å². The first-order valence-electron chi connectivity index (χ1n) is 9.93. The average Bonchev–Trinajstić information content (AvgIpc) is 2.81. The van der Waals surface area contributed by atoms with E-state index in [0.717, 1.165) is 6.07 Å². The minimum Gasteiger partial charge on any atom is -0.271 e. The maximum absolute atomic E-state index is 13.3. The van der Waals surface area contributed by atoms with E-state index in [0.29, 0.717) is 22.0 Å². The summed E-state index contributed by atoms with van der Waals surface area (Å²) in [5.41, 5.74) is 1.27. The smallest absolute Gasteiger partial charge is 0.271 e. The maximum Gasteiger partial charge on any atom is 0.416 e. The second-order valence-electron chi connectivity index (χ2n) is 7.23. The first-order chi connectivity index (χ1) is 16.4. The number of amides is 1. The molecule has 184 valence electrons. The zero-order chi connectivity index (χ0) is 25.8. The molecule has 0 fully saturated rings. The number of alkyl halides is 3. The van der Waals surface area contributed by atoms with E-state index in [2.05, 4.69) is 10.5 Å². The molecular formula is C23H18ClF4N3O3S. The van der Waals surface area contributed by atoms with Gasteiger partial charge in [0.1, 0.15) is 12.4 Å². The van der Waals surface area contributed by atoms with Gasteiger partial charge in [-0.1, -0.05) is 41.9 Å². The third kappa shape index (κ3) is 6.37. The molecule has 0 aliphatic rings. The Morgan fingerprint density at radius 1 is 1.03 bits per heavy atom. The summed E-state index contributed by atoms with van der Waals surface area (Å²) in [6.07, 6.45) is -4.78. The molecule has 0 bridgehead atoms. The summed E-state index contributed by atoms with van der Waals surface area (Å²) in [5.74, 6) is -1.41. The number of hydrazone groups is 1. The highest BCUT2D eigenvalue weighted by Crippen LogP contribution is 2.37. The van der Waals surface area contributed by atoms with Crippen molar-refractivity contribution < 1.29 is 30.8 Å². The van der Waals surface area contributed by atoms with E-state index in [1.807, 2.05) is 0 Å². The van der Waals surface area contributed by atoms with Gasteiger partial charge in [-0.15, -0.1) is 0 Å². The van der Waals surface area contributed by atoms with Crippen molar-refractivity contribution in [3.8, 4) is 0 Å². The van der Waals surface area contributed by atoms with E-state index < -0.39 is 45.7 Å². The number of hydrogen-bond acceptors (Lipinski definition) is 4. The lowest BCUT2D eigenvalue weighted by Crippen LogP contribution is -2.40. The SMILES string of the molecule is C/C(=N\NC(=O)CN(c1cc(C(F)(F)F)ccc1Cl)S(=O)(=O)c1ccccc1)c1ccc(F)cc1. The van der Waals surface area contributed by atoms with Crippen LogP contribution in [0.1, 0.15) is 18.1 Å². The van der Waals surface area contributed by atoms with Gasteiger partial charge in [0.25, 0.3) is 15.9 Å². The Bertz CT molecular complexity index is 1350. The molecule has 0 unspecified atom stereocenters. The van der Waals surface area contributed by atoms with Gasteiger partial charge in [-0.05, 0) is 55.0 Å². The molecule has 0 atom stereocenters. The molecule has 1 amide bonds. The fourth-order valence-electron chi connectivity index (χ4n) is 2.97. The molecule has 0 heterocycles. The van der Waals surface area contributed by atoms with Crippen molar-refractivity contribution in [3.05, 3.63) is 94.8 Å². The second kappa shape index (κ2) is 10.4. The van der Waals surface area contributed by atoms with Crippen molar-refractivity contribution in [2.24, 2.45) is 5.10 Å². The van der Waals surface area contributed by atoms with E-state index in [1.165, 1.54) is 55.5 Å². The van der Waals surface area contributed by atoms with Crippen LogP contribution in [0.4, 0.5) is 23.2 Å². The molecule has 3 rings (SSSR count). The number of carbonyl (C=O) groups excluding carboxylic acids is 1. The zero-order valence-electron chi connectivity index (χ0n) is 18.1. The van der Waals surface area contributed by atoms with Gasteiger partial charge in [0, 0.05) is 0 Å². The molecule has 0 saturated carbocycles. The number of nitrogens with one attached hydrogen (secondary N) is 1. The molecule has 0 saturated heterocycles. The quantitative estimate of drug-likeness (QED) is 0.259. The van der Waals surface area contributed by atoms with E-state index in [4.69, 9.17) is 11.6 Å². The van der Waals surface area contributed by atoms with Crippen LogP contribution in [0.5, 0.6) is 0 Å². The molecule has 12 heteroatoms. The predicted molar refractivity (Wildman–Crippen MR) is 124 cm³/mol. The highest BCUT2D eigenvalue weighted by molar-refractivity contribution is 7.92. The third-order valence-electron chi connectivity index (χ3n) is 4.77. The largest absolute Gasteiger partial charge is 0.416 e. The van der Waals surface area contributed by atoms with Crippen LogP contribution in [0.25, 0.3) is 0 Å². The Kier molecular flexibility index (Phi) is 7.81. The van der Waals surface area contributed by atoms with Crippen LogP contribution in [-0.4, -0.2) is 26.6 Å². The van der Waals surface area contributed by atoms with Crippen LogP contribution in [-0.2, 0) is 21.0 Å². The van der Waals surface area contributed by atoms with E-state index in [9.17, 15) is 30.8 Å². The molecule has 0 aromatic heterocycles. The number of anilines is 1. The molecule has 0 spiro atoms. The van der Waals surface area contributed by atoms with Gasteiger partial charge < -0.3 is 0 Å². The second-order valence-corrected chi connectivity index (χ2v) is 9.50. The molecule has 0 radical (unpaired) electrons. The number of carbonyl (C=O) groups is 1. The van der Waals surface area contributed by atoms with Crippen LogP contribution >= 0.6 is 11.6 Å². The fourth-order valence-corrected chi connectivity index (χ4v) is 4.69. The summed E-state index contributed by atoms with van der Waals surface area (Å²) >= 11 is 6.07. The molecule has 6 nitrogen and oxygen atoms in total. The van der Waals surface area contributed by atoms with E-state index in [1.54, 1.807) is 6.07 Å². The van der Waals surface area contributed by atoms with Crippen LogP contribution in [0.3, 0.4) is 0 Å². The lowest BCUT2D eigenvalue weighted by Gasteiger charge is -2.25. The zero-order valence-corrected chi connectivity index (χ0v) is 19.6. The molecular weight excluding hydrogens is 510 g/mol. The van der Waals surface area contributed by atoms with Crippen molar-refractivity contribution in [1.82, 2.24) is 5.43 Å². The van der Waals surface area contributed by atoms with Crippen molar-refractivity contribution in [3.63, 3.8) is 0 Å². The summed E-state index contributed by atoms with van der Waals surface area (Å²) in [7, 11) is -4.50. The third-order valence-corrected chi connectivity index (χ3v) is 6.86. The fraction of sp³-hybridized carbons (Fsp3) is 0.130. The van der Waals surface area contributed by atoms with Gasteiger partial charge in [0.05, 0.1) is 26.9 Å². The molecule has 3 aromatic rings. The minimum atomic E-state index is -4.78. The highest BCUT2D eigenvalue weighted by atomic mass is 35.5.